The van der Waals surface area contributed by atoms with Crippen LogP contribution in [0.4, 0.5) is 10.1 Å². The van der Waals surface area contributed by atoms with Crippen LogP contribution in [-0.4, -0.2) is 18.0 Å². The SMILES string of the molecule is CC(=O)Nc1ccc(/C=N\NC(=O)c2ccc(F)cc2)cc1. The van der Waals surface area contributed by atoms with Crippen LogP contribution in [0.3, 0.4) is 0 Å². The van der Waals surface area contributed by atoms with Crippen molar-refractivity contribution >= 4 is 23.7 Å². The zero-order valence-electron chi connectivity index (χ0n) is 11.8. The van der Waals surface area contributed by atoms with Crippen LogP contribution in [0.5, 0.6) is 0 Å². The minimum absolute atomic E-state index is 0.145. The van der Waals surface area contributed by atoms with Gasteiger partial charge in [-0.2, -0.15) is 5.10 Å². The fourth-order valence-corrected chi connectivity index (χ4v) is 1.69. The number of hydrogen-bond donors (Lipinski definition) is 2. The smallest absolute Gasteiger partial charge is 0.271 e. The van der Waals surface area contributed by atoms with Gasteiger partial charge >= 0.3 is 0 Å². The summed E-state index contributed by atoms with van der Waals surface area (Å²) in [4.78, 5) is 22.6. The number of carbonyl (C=O) groups excluding carboxylic acids is 2. The lowest BCUT2D eigenvalue weighted by molar-refractivity contribution is -0.114. The number of hydrogen-bond acceptors (Lipinski definition) is 3. The highest BCUT2D eigenvalue weighted by Gasteiger charge is 2.03. The third-order valence-electron chi connectivity index (χ3n) is 2.72. The van der Waals surface area contributed by atoms with Gasteiger partial charge in [-0.05, 0) is 42.0 Å². The summed E-state index contributed by atoms with van der Waals surface area (Å²) < 4.78 is 12.7. The van der Waals surface area contributed by atoms with E-state index in [-0.39, 0.29) is 5.91 Å². The second kappa shape index (κ2) is 7.12. The summed E-state index contributed by atoms with van der Waals surface area (Å²) in [7, 11) is 0. The molecule has 0 spiro atoms. The number of anilines is 1. The van der Waals surface area contributed by atoms with E-state index >= 15 is 0 Å². The Balaban J connectivity index is 1.93. The van der Waals surface area contributed by atoms with Crippen LogP contribution >= 0.6 is 0 Å². The average Bonchev–Trinajstić information content (AvgIpc) is 2.49. The summed E-state index contributed by atoms with van der Waals surface area (Å²) in [6.07, 6.45) is 1.47. The summed E-state index contributed by atoms with van der Waals surface area (Å²) in [5, 5.41) is 6.47. The second-order valence-corrected chi connectivity index (χ2v) is 4.51. The lowest BCUT2D eigenvalue weighted by Gasteiger charge is -2.02. The van der Waals surface area contributed by atoms with Crippen LogP contribution in [0.15, 0.2) is 53.6 Å². The molecule has 0 fully saturated rings. The van der Waals surface area contributed by atoms with Gasteiger partial charge in [0.15, 0.2) is 0 Å². The van der Waals surface area contributed by atoms with Gasteiger partial charge in [-0.25, -0.2) is 9.82 Å². The summed E-state index contributed by atoms with van der Waals surface area (Å²) in [5.41, 5.74) is 4.11. The molecule has 0 aromatic heterocycles. The number of carbonyl (C=O) groups is 2. The molecule has 0 aliphatic rings. The van der Waals surface area contributed by atoms with Gasteiger partial charge in [-0.1, -0.05) is 12.1 Å². The molecule has 0 heterocycles. The van der Waals surface area contributed by atoms with Gasteiger partial charge in [0, 0.05) is 18.2 Å². The predicted octanol–water partition coefficient (Wildman–Crippen LogP) is 2.55. The first kappa shape index (κ1) is 15.4. The van der Waals surface area contributed by atoms with Crippen LogP contribution in [-0.2, 0) is 4.79 Å². The third kappa shape index (κ3) is 4.52. The van der Waals surface area contributed by atoms with E-state index < -0.39 is 11.7 Å². The highest BCUT2D eigenvalue weighted by atomic mass is 19.1. The van der Waals surface area contributed by atoms with E-state index in [1.54, 1.807) is 24.3 Å². The van der Waals surface area contributed by atoms with Gasteiger partial charge in [-0.3, -0.25) is 9.59 Å². The number of nitrogens with one attached hydrogen (secondary N) is 2. The van der Waals surface area contributed by atoms with E-state index in [0.29, 0.717) is 11.3 Å². The van der Waals surface area contributed by atoms with Crippen LogP contribution in [0, 0.1) is 5.82 Å². The average molecular weight is 299 g/mol. The molecule has 0 atom stereocenters. The third-order valence-corrected chi connectivity index (χ3v) is 2.72. The number of benzene rings is 2. The van der Waals surface area contributed by atoms with Crippen molar-refractivity contribution in [3.05, 3.63) is 65.5 Å². The molecule has 2 amide bonds. The van der Waals surface area contributed by atoms with E-state index in [1.807, 2.05) is 0 Å². The zero-order valence-corrected chi connectivity index (χ0v) is 11.8. The number of halogens is 1. The zero-order chi connectivity index (χ0) is 15.9. The molecule has 2 rings (SSSR count). The summed E-state index contributed by atoms with van der Waals surface area (Å²) in [6.45, 7) is 1.43. The Kier molecular flexibility index (Phi) is 4.98. The molecule has 0 saturated carbocycles. The normalized spacial score (nSPS) is 10.5. The molecule has 2 N–H and O–H groups in total. The fourth-order valence-electron chi connectivity index (χ4n) is 1.69. The highest BCUT2D eigenvalue weighted by Crippen LogP contribution is 2.08. The van der Waals surface area contributed by atoms with Crippen LogP contribution < -0.4 is 10.7 Å². The number of amides is 2. The molecule has 22 heavy (non-hydrogen) atoms. The van der Waals surface area contributed by atoms with Crippen molar-refractivity contribution in [2.24, 2.45) is 5.10 Å². The lowest BCUT2D eigenvalue weighted by Crippen LogP contribution is -2.17. The first-order valence-electron chi connectivity index (χ1n) is 6.51. The molecule has 0 unspecified atom stereocenters. The molecule has 2 aromatic carbocycles. The Bertz CT molecular complexity index is 694. The van der Waals surface area contributed by atoms with E-state index in [2.05, 4.69) is 15.8 Å². The number of nitrogens with zero attached hydrogens (tertiary/aromatic N) is 1. The monoisotopic (exact) mass is 299 g/mol. The topological polar surface area (TPSA) is 70.6 Å². The number of rotatable bonds is 4. The molecule has 0 aliphatic heterocycles. The Morgan fingerprint density at radius 3 is 2.27 bits per heavy atom. The molecule has 0 aliphatic carbocycles. The number of hydrazone groups is 1. The van der Waals surface area contributed by atoms with Crippen molar-refractivity contribution in [1.29, 1.82) is 0 Å². The van der Waals surface area contributed by atoms with Gasteiger partial charge in [0.2, 0.25) is 5.91 Å². The van der Waals surface area contributed by atoms with Crippen molar-refractivity contribution in [2.75, 3.05) is 5.32 Å². The van der Waals surface area contributed by atoms with Crippen molar-refractivity contribution in [3.8, 4) is 0 Å². The molecule has 2 aromatic rings. The van der Waals surface area contributed by atoms with Gasteiger partial charge in [0.25, 0.3) is 5.91 Å². The van der Waals surface area contributed by atoms with Crippen LogP contribution in [0.2, 0.25) is 0 Å². The standard InChI is InChI=1S/C16H14FN3O2/c1-11(21)19-15-8-2-12(3-9-15)10-18-20-16(22)13-4-6-14(17)7-5-13/h2-10H,1H3,(H,19,21)(H,20,22)/b18-10-. The maximum absolute atomic E-state index is 12.7. The molecule has 6 heteroatoms. The van der Waals surface area contributed by atoms with E-state index in [0.717, 1.165) is 5.56 Å². The van der Waals surface area contributed by atoms with Crippen molar-refractivity contribution in [1.82, 2.24) is 5.43 Å². The summed E-state index contributed by atoms with van der Waals surface area (Å²) in [5.74, 6) is -0.974. The summed E-state index contributed by atoms with van der Waals surface area (Å²) >= 11 is 0. The minimum atomic E-state index is -0.425. The van der Waals surface area contributed by atoms with E-state index in [9.17, 15) is 14.0 Å². The molecule has 0 bridgehead atoms. The van der Waals surface area contributed by atoms with E-state index in [1.165, 1.54) is 37.4 Å². The van der Waals surface area contributed by atoms with Crippen molar-refractivity contribution in [2.45, 2.75) is 6.92 Å². The highest BCUT2D eigenvalue weighted by molar-refractivity contribution is 5.95. The van der Waals surface area contributed by atoms with Gasteiger partial charge in [0.05, 0.1) is 6.21 Å². The molecule has 0 radical (unpaired) electrons. The Hall–Kier alpha value is -3.02. The van der Waals surface area contributed by atoms with Gasteiger partial charge in [0.1, 0.15) is 5.82 Å². The first-order valence-corrected chi connectivity index (χ1v) is 6.51. The molecular weight excluding hydrogens is 285 g/mol. The Morgan fingerprint density at radius 2 is 1.68 bits per heavy atom. The molecular formula is C16H14FN3O2. The van der Waals surface area contributed by atoms with Gasteiger partial charge in [-0.15, -0.1) is 0 Å². The largest absolute Gasteiger partial charge is 0.326 e. The van der Waals surface area contributed by atoms with Crippen molar-refractivity contribution < 1.29 is 14.0 Å². The molecule has 5 nitrogen and oxygen atoms in total. The van der Waals surface area contributed by atoms with Crippen LogP contribution in [0.25, 0.3) is 0 Å². The maximum atomic E-state index is 12.7. The summed E-state index contributed by atoms with van der Waals surface area (Å²) in [6, 6.07) is 12.1. The Morgan fingerprint density at radius 1 is 1.05 bits per heavy atom. The maximum Gasteiger partial charge on any atom is 0.271 e. The molecule has 0 saturated heterocycles. The quantitative estimate of drug-likeness (QED) is 0.673. The second-order valence-electron chi connectivity index (χ2n) is 4.51. The van der Waals surface area contributed by atoms with Crippen LogP contribution in [0.1, 0.15) is 22.8 Å². The minimum Gasteiger partial charge on any atom is -0.326 e. The lowest BCUT2D eigenvalue weighted by atomic mass is 10.2. The van der Waals surface area contributed by atoms with E-state index in [4.69, 9.17) is 0 Å². The Labute approximate surface area is 126 Å². The predicted molar refractivity (Wildman–Crippen MR) is 82.2 cm³/mol. The van der Waals surface area contributed by atoms with Crippen molar-refractivity contribution in [3.63, 3.8) is 0 Å². The fraction of sp³-hybridized carbons (Fsp3) is 0.0625. The molecule has 112 valence electrons. The first-order chi connectivity index (χ1) is 10.5. The van der Waals surface area contributed by atoms with Gasteiger partial charge < -0.3 is 5.32 Å².